The summed E-state index contributed by atoms with van der Waals surface area (Å²) < 4.78 is 28.1. The van der Waals surface area contributed by atoms with Gasteiger partial charge in [-0.2, -0.15) is 10.4 Å². The molecule has 2 aromatic heterocycles. The molecule has 3 fully saturated rings. The number of piperidine rings is 1. The second-order valence-electron chi connectivity index (χ2n) is 21.2. The first-order chi connectivity index (χ1) is 38.2. The zero-order valence-electron chi connectivity index (χ0n) is 45.6. The number of likely N-dealkylation sites (tertiary alicyclic amines) is 2. The Balaban J connectivity index is 0.716. The molecule has 0 radical (unpaired) electrons. The molecule has 0 aliphatic carbocycles. The van der Waals surface area contributed by atoms with Gasteiger partial charge in [0.05, 0.1) is 79.3 Å². The van der Waals surface area contributed by atoms with Gasteiger partial charge in [-0.25, -0.2) is 14.4 Å². The SMILES string of the molecule is CN[C@H](C)C(=O)N[C@@H](C(=O)N1CCC[C@@H]1C1=NC(C(=O)c2ccc(C)cc2)CS1)C1CCN(CCOCCOCCC(=O)CCCn2nc(C#N)c3c2CN(C)C(=O)c2ccc(F)cc2[C@H]2CCCN2c2nc-3cnc2N)CC1. The molecule has 1 unspecified atom stereocenters. The lowest BCUT2D eigenvalue weighted by atomic mass is 9.88. The molecule has 5 aliphatic heterocycles. The maximum absolute atomic E-state index is 14.8. The van der Waals surface area contributed by atoms with E-state index in [1.54, 1.807) is 37.5 Å². The van der Waals surface area contributed by atoms with Gasteiger partial charge in [0.15, 0.2) is 23.1 Å². The Morgan fingerprint density at radius 1 is 0.949 bits per heavy atom. The van der Waals surface area contributed by atoms with Gasteiger partial charge in [-0.1, -0.05) is 29.8 Å². The molecule has 4 aromatic rings. The van der Waals surface area contributed by atoms with Crippen molar-refractivity contribution in [1.82, 2.24) is 45.1 Å². The van der Waals surface area contributed by atoms with E-state index in [2.05, 4.69) is 31.7 Å². The first kappa shape index (κ1) is 57.1. The minimum atomic E-state index is -0.685. The van der Waals surface area contributed by atoms with Gasteiger partial charge in [0.1, 0.15) is 29.8 Å². The Bertz CT molecular complexity index is 2960. The van der Waals surface area contributed by atoms with Crippen molar-refractivity contribution in [3.8, 4) is 17.3 Å². The number of ketones is 2. The lowest BCUT2D eigenvalue weighted by Gasteiger charge is -2.38. The van der Waals surface area contributed by atoms with Crippen LogP contribution in [0.25, 0.3) is 11.3 Å². The number of thioether (sulfide) groups is 1. The lowest BCUT2D eigenvalue weighted by molar-refractivity contribution is -0.138. The highest BCUT2D eigenvalue weighted by molar-refractivity contribution is 8.14. The summed E-state index contributed by atoms with van der Waals surface area (Å²) in [7, 11) is 3.38. The summed E-state index contributed by atoms with van der Waals surface area (Å²) in [6.07, 6.45) is 6.84. The number of likely N-dealkylation sites (N-methyl/N-ethyl adjacent to an activating group) is 1. The van der Waals surface area contributed by atoms with Crippen LogP contribution < -0.4 is 21.3 Å². The number of amides is 3. The maximum atomic E-state index is 14.8. The van der Waals surface area contributed by atoms with E-state index in [4.69, 9.17) is 25.2 Å². The van der Waals surface area contributed by atoms with E-state index in [0.717, 1.165) is 55.8 Å². The largest absolute Gasteiger partial charge is 0.381 e. The first-order valence-corrected chi connectivity index (χ1v) is 28.6. The highest BCUT2D eigenvalue weighted by atomic mass is 32.2. The number of hydrogen-bond acceptors (Lipinski definition) is 17. The van der Waals surface area contributed by atoms with Crippen molar-refractivity contribution in [3.63, 3.8) is 0 Å². The Labute approximate surface area is 465 Å². The summed E-state index contributed by atoms with van der Waals surface area (Å²) in [5, 5.41) is 21.9. The summed E-state index contributed by atoms with van der Waals surface area (Å²) in [5.74, 6) is -0.0219. The molecule has 0 spiro atoms. The minimum absolute atomic E-state index is 0.00848. The second-order valence-corrected chi connectivity index (χ2v) is 22.3. The summed E-state index contributed by atoms with van der Waals surface area (Å²) in [6.45, 7) is 8.85. The molecule has 4 N–H and O–H groups in total. The van der Waals surface area contributed by atoms with E-state index < -0.39 is 23.9 Å². The van der Waals surface area contributed by atoms with Gasteiger partial charge in [0.25, 0.3) is 5.91 Å². The van der Waals surface area contributed by atoms with Gasteiger partial charge < -0.3 is 45.4 Å². The zero-order chi connectivity index (χ0) is 55.7. The number of Topliss-reactive ketones (excluding diaryl/α,β-unsaturated/α-hetero) is 2. The number of nitrogen functional groups attached to an aromatic ring is 1. The van der Waals surface area contributed by atoms with E-state index in [-0.39, 0.29) is 91.3 Å². The predicted octanol–water partition coefficient (Wildman–Crippen LogP) is 5.13. The quantitative estimate of drug-likeness (QED) is 0.0723. The molecule has 2 bridgehead atoms. The summed E-state index contributed by atoms with van der Waals surface area (Å²) in [6, 6.07) is 11.7. The number of nitrogens with two attached hydrogens (primary N) is 1. The molecule has 0 saturated carbocycles. The van der Waals surface area contributed by atoms with Crippen molar-refractivity contribution in [2.45, 2.75) is 115 Å². The third kappa shape index (κ3) is 13.2. The number of rotatable bonds is 21. The highest BCUT2D eigenvalue weighted by Crippen LogP contribution is 2.41. The maximum Gasteiger partial charge on any atom is 0.254 e. The highest BCUT2D eigenvalue weighted by Gasteiger charge is 2.43. The molecule has 5 aliphatic rings. The predicted molar refractivity (Wildman–Crippen MR) is 298 cm³/mol. The van der Waals surface area contributed by atoms with E-state index in [0.29, 0.717) is 97.5 Å². The van der Waals surface area contributed by atoms with E-state index in [1.807, 2.05) is 41.0 Å². The van der Waals surface area contributed by atoms with Gasteiger partial charge in [-0.3, -0.25) is 33.6 Å². The number of anilines is 2. The molecule has 2 aromatic carbocycles. The van der Waals surface area contributed by atoms with Crippen molar-refractivity contribution in [2.24, 2.45) is 10.9 Å². The monoisotopic (exact) mass is 1100 g/mol. The molecule has 20 nitrogen and oxygen atoms in total. The standard InChI is InChI=1S/C57H72FN13O7S/c1-35-11-13-38(14-12-35)51(73)45-34-79-55(64-45)47-10-7-21-70(47)57(76)50(65-54(74)36(2)61-3)37-17-23-68(24-18-37)25-27-78-29-28-77-26-19-40(72)8-5-22-71-48-33-67(4)56(75)41-16-15-39(58)30-42(41)46-9-6-20-69(46)53-52(60)62-32-44(63-53)49(48)43(31-59)66-71/h11-16,30,32,36-37,45-47,50,61H,5-10,17-29,33-34H2,1-4H3,(H2,60,62)(H,65,74)/t36-,45?,46-,47-,50-/m1/s1. The number of benzene rings is 2. The Morgan fingerprint density at radius 2 is 1.70 bits per heavy atom. The molecule has 22 heteroatoms. The van der Waals surface area contributed by atoms with Crippen LogP contribution in [0.1, 0.15) is 114 Å². The van der Waals surface area contributed by atoms with Crippen molar-refractivity contribution < 1.29 is 37.8 Å². The van der Waals surface area contributed by atoms with Gasteiger partial charge in [-0.05, 0) is 109 Å². The van der Waals surface area contributed by atoms with Crippen LogP contribution in [-0.2, 0) is 36.9 Å². The lowest BCUT2D eigenvalue weighted by Crippen LogP contribution is -2.58. The topological polar surface area (TPSA) is 247 Å². The summed E-state index contributed by atoms with van der Waals surface area (Å²) in [5.41, 5.74) is 10.5. The molecule has 3 amide bonds. The van der Waals surface area contributed by atoms with Crippen molar-refractivity contribution in [3.05, 3.63) is 88.1 Å². The molecule has 79 heavy (non-hydrogen) atoms. The number of nitrogens with zero attached hydrogens (tertiary/aromatic N) is 10. The number of aromatic nitrogens is 4. The number of aliphatic imine (C=N–C) groups is 1. The number of nitrogens with one attached hydrogen (secondary N) is 2. The van der Waals surface area contributed by atoms with Crippen LogP contribution >= 0.6 is 11.8 Å². The Hall–Kier alpha value is -6.64. The summed E-state index contributed by atoms with van der Waals surface area (Å²) in [4.78, 5) is 90.3. The first-order valence-electron chi connectivity index (χ1n) is 27.7. The molecule has 3 saturated heterocycles. The number of halogens is 1. The third-order valence-corrected chi connectivity index (χ3v) is 17.1. The normalized spacial score (nSPS) is 20.4. The molecule has 7 heterocycles. The van der Waals surface area contributed by atoms with Crippen molar-refractivity contribution in [1.29, 1.82) is 5.26 Å². The fourth-order valence-electron chi connectivity index (χ4n) is 11.4. The number of carbonyl (C=O) groups excluding carboxylic acids is 5. The average molecular weight is 1100 g/mol. The number of nitriles is 1. The van der Waals surface area contributed by atoms with Gasteiger partial charge in [0, 0.05) is 62.9 Å². The molecule has 9 rings (SSSR count). The number of carbonyl (C=O) groups is 5. The number of aryl methyl sites for hydroxylation is 2. The van der Waals surface area contributed by atoms with Crippen LogP contribution in [-0.4, -0.2) is 172 Å². The zero-order valence-corrected chi connectivity index (χ0v) is 46.4. The smallest absolute Gasteiger partial charge is 0.254 e. The average Bonchev–Trinajstić information content (AvgIpc) is 4.50. The van der Waals surface area contributed by atoms with Gasteiger partial charge in [-0.15, -0.1) is 11.8 Å². The number of ether oxygens (including phenoxy) is 2. The number of hydrogen-bond donors (Lipinski definition) is 3. The van der Waals surface area contributed by atoms with Gasteiger partial charge >= 0.3 is 0 Å². The fraction of sp³-hybridized carbons (Fsp3) is 0.544. The van der Waals surface area contributed by atoms with Crippen molar-refractivity contribution >= 4 is 57.7 Å². The van der Waals surface area contributed by atoms with Gasteiger partial charge in [0.2, 0.25) is 11.8 Å². The third-order valence-electron chi connectivity index (χ3n) is 16.0. The number of fused-ring (bicyclic) bond motifs is 8. The van der Waals surface area contributed by atoms with Crippen LogP contribution in [0, 0.1) is 30.0 Å². The van der Waals surface area contributed by atoms with Crippen LogP contribution in [0.4, 0.5) is 16.0 Å². The molecular weight excluding hydrogens is 1030 g/mol. The van der Waals surface area contributed by atoms with E-state index in [9.17, 15) is 33.6 Å². The van der Waals surface area contributed by atoms with Crippen LogP contribution in [0.3, 0.4) is 0 Å². The molecule has 420 valence electrons. The molecular formula is C57H72FN13O7S. The van der Waals surface area contributed by atoms with Crippen LogP contribution in [0.15, 0.2) is 53.7 Å². The molecule has 5 atom stereocenters. The fourth-order valence-corrected chi connectivity index (χ4v) is 12.6. The van der Waals surface area contributed by atoms with Crippen LogP contribution in [0.5, 0.6) is 0 Å². The minimum Gasteiger partial charge on any atom is -0.381 e. The Kier molecular flexibility index (Phi) is 18.8. The summed E-state index contributed by atoms with van der Waals surface area (Å²) >= 11 is 1.56. The van der Waals surface area contributed by atoms with Crippen molar-refractivity contribution in [2.75, 3.05) is 89.6 Å². The van der Waals surface area contributed by atoms with Crippen LogP contribution in [0.2, 0.25) is 0 Å². The van der Waals surface area contributed by atoms with E-state index in [1.165, 1.54) is 29.3 Å². The second kappa shape index (κ2) is 26.1. The Morgan fingerprint density at radius 3 is 2.46 bits per heavy atom. The van der Waals surface area contributed by atoms with E-state index >= 15 is 0 Å².